The van der Waals surface area contributed by atoms with Gasteiger partial charge in [-0.05, 0) is 47.0 Å². The van der Waals surface area contributed by atoms with Gasteiger partial charge in [-0.1, -0.05) is 32.0 Å². The van der Waals surface area contributed by atoms with E-state index in [2.05, 4.69) is 10.7 Å². The van der Waals surface area contributed by atoms with Crippen molar-refractivity contribution < 1.29 is 17.6 Å². The second kappa shape index (κ2) is 9.02. The number of carbonyl (C=O) groups is 1. The SMILES string of the molecule is CCN(CC)S(=O)(=O)c1ccc(F)c(C(=O)NCCc2csc3ccccc23)c1. The largest absolute Gasteiger partial charge is 0.352 e. The van der Waals surface area contributed by atoms with E-state index in [1.807, 2.05) is 24.3 Å². The molecule has 0 radical (unpaired) electrons. The van der Waals surface area contributed by atoms with Crippen LogP contribution in [0, 0.1) is 5.82 Å². The first kappa shape index (κ1) is 21.4. The summed E-state index contributed by atoms with van der Waals surface area (Å²) in [5, 5.41) is 5.89. The Morgan fingerprint density at radius 1 is 1.14 bits per heavy atom. The summed E-state index contributed by atoms with van der Waals surface area (Å²) in [5.41, 5.74) is 0.845. The zero-order valence-corrected chi connectivity index (χ0v) is 17.9. The number of nitrogens with zero attached hydrogens (tertiary/aromatic N) is 1. The van der Waals surface area contributed by atoms with Gasteiger partial charge in [-0.15, -0.1) is 11.3 Å². The molecule has 2 aromatic carbocycles. The fourth-order valence-corrected chi connectivity index (χ4v) is 5.67. The lowest BCUT2D eigenvalue weighted by Crippen LogP contribution is -2.31. The summed E-state index contributed by atoms with van der Waals surface area (Å²) < 4.78 is 42.0. The number of thiophene rings is 1. The van der Waals surface area contributed by atoms with Crippen LogP contribution >= 0.6 is 11.3 Å². The molecule has 1 heterocycles. The number of hydrogen-bond donors (Lipinski definition) is 1. The van der Waals surface area contributed by atoms with Gasteiger partial charge in [-0.2, -0.15) is 4.31 Å². The van der Waals surface area contributed by atoms with Crippen molar-refractivity contribution in [3.8, 4) is 0 Å². The average Bonchev–Trinajstić information content (AvgIpc) is 3.12. The van der Waals surface area contributed by atoms with E-state index in [0.29, 0.717) is 26.1 Å². The van der Waals surface area contributed by atoms with Crippen LogP contribution in [0.1, 0.15) is 29.8 Å². The van der Waals surface area contributed by atoms with Crippen molar-refractivity contribution in [2.45, 2.75) is 25.2 Å². The van der Waals surface area contributed by atoms with Crippen LogP contribution in [0.2, 0.25) is 0 Å². The standard InChI is InChI=1S/C21H23FN2O3S2/c1-3-24(4-2)29(26,27)16-9-10-19(22)18(13-16)21(25)23-12-11-15-14-28-20-8-6-5-7-17(15)20/h5-10,13-14H,3-4,11-12H2,1-2H3,(H,23,25). The van der Waals surface area contributed by atoms with Crippen LogP contribution in [0.25, 0.3) is 10.1 Å². The minimum absolute atomic E-state index is 0.0865. The van der Waals surface area contributed by atoms with E-state index in [4.69, 9.17) is 0 Å². The number of hydrogen-bond acceptors (Lipinski definition) is 4. The van der Waals surface area contributed by atoms with Crippen LogP contribution in [-0.4, -0.2) is 38.3 Å². The highest BCUT2D eigenvalue weighted by Gasteiger charge is 2.24. The second-order valence-corrected chi connectivity index (χ2v) is 9.34. The van der Waals surface area contributed by atoms with E-state index in [9.17, 15) is 17.6 Å². The molecule has 1 amide bonds. The van der Waals surface area contributed by atoms with Crippen LogP contribution < -0.4 is 5.32 Å². The van der Waals surface area contributed by atoms with Crippen molar-refractivity contribution in [2.24, 2.45) is 0 Å². The zero-order valence-electron chi connectivity index (χ0n) is 16.3. The maximum atomic E-state index is 14.2. The molecule has 154 valence electrons. The van der Waals surface area contributed by atoms with Gasteiger partial charge < -0.3 is 5.32 Å². The number of nitrogens with one attached hydrogen (secondary N) is 1. The van der Waals surface area contributed by atoms with Gasteiger partial charge in [0.1, 0.15) is 5.82 Å². The van der Waals surface area contributed by atoms with E-state index in [1.165, 1.54) is 15.1 Å². The molecule has 0 aliphatic heterocycles. The van der Waals surface area contributed by atoms with Crippen molar-refractivity contribution in [3.05, 3.63) is 64.8 Å². The topological polar surface area (TPSA) is 66.5 Å². The average molecular weight is 435 g/mol. The van der Waals surface area contributed by atoms with Gasteiger partial charge >= 0.3 is 0 Å². The van der Waals surface area contributed by atoms with E-state index in [0.717, 1.165) is 23.1 Å². The fourth-order valence-electron chi connectivity index (χ4n) is 3.18. The summed E-state index contributed by atoms with van der Waals surface area (Å²) in [6.07, 6.45) is 0.606. The van der Waals surface area contributed by atoms with Gasteiger partial charge in [-0.3, -0.25) is 4.79 Å². The number of amides is 1. The third-order valence-corrected chi connectivity index (χ3v) is 7.82. The molecule has 3 aromatic rings. The number of carbonyl (C=O) groups excluding carboxylic acids is 1. The normalized spacial score (nSPS) is 11.9. The third-order valence-electron chi connectivity index (χ3n) is 4.77. The molecule has 0 aliphatic rings. The third kappa shape index (κ3) is 4.49. The van der Waals surface area contributed by atoms with Crippen LogP contribution in [0.3, 0.4) is 0 Å². The van der Waals surface area contributed by atoms with Crippen molar-refractivity contribution in [1.82, 2.24) is 9.62 Å². The number of fused-ring (bicyclic) bond motifs is 1. The molecule has 0 saturated heterocycles. The van der Waals surface area contributed by atoms with Crippen molar-refractivity contribution in [3.63, 3.8) is 0 Å². The van der Waals surface area contributed by atoms with Crippen LogP contribution in [-0.2, 0) is 16.4 Å². The molecule has 0 aliphatic carbocycles. The van der Waals surface area contributed by atoms with Crippen LogP contribution in [0.4, 0.5) is 4.39 Å². The van der Waals surface area contributed by atoms with E-state index < -0.39 is 21.7 Å². The van der Waals surface area contributed by atoms with Crippen LogP contribution in [0.5, 0.6) is 0 Å². The Kier molecular flexibility index (Phi) is 6.66. The Labute approximate surface area is 174 Å². The summed E-state index contributed by atoms with van der Waals surface area (Å²) >= 11 is 1.64. The number of sulfonamides is 1. The van der Waals surface area contributed by atoms with Crippen molar-refractivity contribution in [2.75, 3.05) is 19.6 Å². The smallest absolute Gasteiger partial charge is 0.254 e. The minimum atomic E-state index is -3.77. The monoisotopic (exact) mass is 434 g/mol. The lowest BCUT2D eigenvalue weighted by Gasteiger charge is -2.19. The summed E-state index contributed by atoms with van der Waals surface area (Å²) in [4.78, 5) is 12.4. The van der Waals surface area contributed by atoms with Gasteiger partial charge in [0.15, 0.2) is 0 Å². The van der Waals surface area contributed by atoms with E-state index in [1.54, 1.807) is 25.2 Å². The molecule has 0 saturated carbocycles. The molecule has 0 spiro atoms. The number of halogens is 1. The second-order valence-electron chi connectivity index (χ2n) is 6.49. The lowest BCUT2D eigenvalue weighted by atomic mass is 10.1. The van der Waals surface area contributed by atoms with Crippen molar-refractivity contribution in [1.29, 1.82) is 0 Å². The predicted octanol–water partition coefficient (Wildman–Crippen LogP) is 4.04. The fraction of sp³-hybridized carbons (Fsp3) is 0.286. The lowest BCUT2D eigenvalue weighted by molar-refractivity contribution is 0.0950. The molecule has 29 heavy (non-hydrogen) atoms. The molecule has 8 heteroatoms. The summed E-state index contributed by atoms with van der Waals surface area (Å²) in [7, 11) is -3.77. The summed E-state index contributed by atoms with van der Waals surface area (Å²) in [5.74, 6) is -1.37. The van der Waals surface area contributed by atoms with Gasteiger partial charge in [0.25, 0.3) is 5.91 Å². The molecule has 0 bridgehead atoms. The number of benzene rings is 2. The Morgan fingerprint density at radius 3 is 2.59 bits per heavy atom. The number of rotatable bonds is 8. The molecule has 3 rings (SSSR count). The highest BCUT2D eigenvalue weighted by atomic mass is 32.2. The first-order chi connectivity index (χ1) is 13.9. The summed E-state index contributed by atoms with van der Waals surface area (Å²) in [6.45, 7) is 4.38. The Balaban J connectivity index is 1.73. The Morgan fingerprint density at radius 2 is 1.86 bits per heavy atom. The maximum Gasteiger partial charge on any atom is 0.254 e. The molecule has 0 unspecified atom stereocenters. The first-order valence-corrected chi connectivity index (χ1v) is 11.7. The van der Waals surface area contributed by atoms with Gasteiger partial charge in [0, 0.05) is 24.3 Å². The van der Waals surface area contributed by atoms with Crippen LogP contribution in [0.15, 0.2) is 52.7 Å². The molecule has 1 aromatic heterocycles. The Bertz CT molecular complexity index is 1120. The van der Waals surface area contributed by atoms with E-state index in [-0.39, 0.29) is 10.5 Å². The van der Waals surface area contributed by atoms with E-state index >= 15 is 0 Å². The molecule has 1 N–H and O–H groups in total. The van der Waals surface area contributed by atoms with Crippen molar-refractivity contribution >= 4 is 37.4 Å². The highest BCUT2D eigenvalue weighted by molar-refractivity contribution is 7.89. The van der Waals surface area contributed by atoms with Gasteiger partial charge in [0.2, 0.25) is 10.0 Å². The Hall–Kier alpha value is -2.29. The molecular weight excluding hydrogens is 411 g/mol. The molecule has 5 nitrogen and oxygen atoms in total. The molecule has 0 atom stereocenters. The summed E-state index contributed by atoms with van der Waals surface area (Å²) in [6, 6.07) is 11.3. The van der Waals surface area contributed by atoms with Gasteiger partial charge in [0.05, 0.1) is 10.5 Å². The highest BCUT2D eigenvalue weighted by Crippen LogP contribution is 2.25. The van der Waals surface area contributed by atoms with Gasteiger partial charge in [-0.25, -0.2) is 12.8 Å². The molecular formula is C21H23FN2O3S2. The first-order valence-electron chi connectivity index (χ1n) is 9.41. The zero-order chi connectivity index (χ0) is 21.0. The predicted molar refractivity (Wildman–Crippen MR) is 114 cm³/mol. The minimum Gasteiger partial charge on any atom is -0.352 e. The molecule has 0 fully saturated rings. The maximum absolute atomic E-state index is 14.2. The quantitative estimate of drug-likeness (QED) is 0.582.